The second-order valence-electron chi connectivity index (χ2n) is 6.41. The molecule has 2 heterocycles. The van der Waals surface area contributed by atoms with Crippen molar-refractivity contribution < 1.29 is 24.3 Å². The number of aromatic nitrogens is 1. The number of carbonyl (C=O) groups is 1. The van der Waals surface area contributed by atoms with Crippen LogP contribution in [0.4, 0.5) is 5.69 Å². The average Bonchev–Trinajstić information content (AvgIpc) is 2.76. The van der Waals surface area contributed by atoms with Gasteiger partial charge in [0.15, 0.2) is 0 Å². The van der Waals surface area contributed by atoms with Crippen molar-refractivity contribution in [3.8, 4) is 11.5 Å². The van der Waals surface area contributed by atoms with Crippen molar-refractivity contribution in [1.82, 2.24) is 15.3 Å². The summed E-state index contributed by atoms with van der Waals surface area (Å²) in [6.07, 6.45) is 4.36. The van der Waals surface area contributed by atoms with E-state index in [9.17, 15) is 20.0 Å². The van der Waals surface area contributed by atoms with Crippen molar-refractivity contribution in [1.29, 1.82) is 0 Å². The molecule has 1 aliphatic heterocycles. The predicted octanol–water partition coefficient (Wildman–Crippen LogP) is 1.23. The van der Waals surface area contributed by atoms with Crippen LogP contribution in [0, 0.1) is 10.1 Å². The fourth-order valence-corrected chi connectivity index (χ4v) is 3.10. The van der Waals surface area contributed by atoms with E-state index in [0.29, 0.717) is 31.9 Å². The lowest BCUT2D eigenvalue weighted by Crippen LogP contribution is -2.45. The van der Waals surface area contributed by atoms with E-state index in [1.807, 2.05) is 4.90 Å². The summed E-state index contributed by atoms with van der Waals surface area (Å²) in [5, 5.41) is 25.1. The van der Waals surface area contributed by atoms with Gasteiger partial charge in [-0.15, -0.1) is 0 Å². The predicted molar refractivity (Wildman–Crippen MR) is 106 cm³/mol. The number of nitrogens with one attached hydrogen (secondary N) is 1. The Labute approximate surface area is 172 Å². The first-order valence-electron chi connectivity index (χ1n) is 9.11. The number of carbonyl (C=O) groups excluding carboxylic acids is 1. The highest BCUT2D eigenvalue weighted by Gasteiger charge is 2.29. The Morgan fingerprint density at radius 2 is 2.23 bits per heavy atom. The molecule has 0 radical (unpaired) electrons. The molecule has 11 heteroatoms. The molecule has 0 bridgehead atoms. The van der Waals surface area contributed by atoms with E-state index < -0.39 is 28.3 Å². The molecule has 2 aromatic rings. The summed E-state index contributed by atoms with van der Waals surface area (Å²) in [6, 6.07) is 5.38. The minimum Gasteiger partial charge on any atom is -0.502 e. The van der Waals surface area contributed by atoms with E-state index in [1.54, 1.807) is 24.5 Å². The van der Waals surface area contributed by atoms with Crippen molar-refractivity contribution in [2.45, 2.75) is 6.04 Å². The molecule has 30 heavy (non-hydrogen) atoms. The molecule has 0 aliphatic carbocycles. The van der Waals surface area contributed by atoms with Gasteiger partial charge < -0.3 is 14.6 Å². The summed E-state index contributed by atoms with van der Waals surface area (Å²) in [6.45, 7) is 2.16. The second kappa shape index (κ2) is 9.76. The van der Waals surface area contributed by atoms with Gasteiger partial charge in [0.2, 0.25) is 5.75 Å². The number of ether oxygens (including phenoxy) is 2. The maximum absolute atomic E-state index is 12.9. The second-order valence-corrected chi connectivity index (χ2v) is 6.41. The van der Waals surface area contributed by atoms with E-state index >= 15 is 0 Å². The number of methoxy groups -OCH3 is 1. The Morgan fingerprint density at radius 3 is 2.87 bits per heavy atom. The Bertz CT molecular complexity index is 931. The lowest BCUT2D eigenvalue weighted by Gasteiger charge is -2.33. The van der Waals surface area contributed by atoms with Crippen LogP contribution in [0.3, 0.4) is 0 Å². The molecule has 1 fully saturated rings. The number of nitro groups is 1. The maximum Gasteiger partial charge on any atom is 0.315 e. The topological polar surface area (TPSA) is 139 Å². The molecule has 1 atom stereocenters. The van der Waals surface area contributed by atoms with E-state index in [-0.39, 0.29) is 11.3 Å². The van der Waals surface area contributed by atoms with Crippen LogP contribution in [0.25, 0.3) is 0 Å². The number of hydrogen-bond donors (Lipinski definition) is 2. The standard InChI is InChI=1S/C19H21N5O6/c1-29-15-9-14(18(25)16(10-15)24(27)28)12-21-22-19(26)17(13-3-2-4-20-11-13)23-5-7-30-8-6-23/h2-4,9-12,17,25H,5-8H2,1H3,(H,22,26)/b21-12-/t17-/m1/s1. The highest BCUT2D eigenvalue weighted by Crippen LogP contribution is 2.33. The molecule has 1 aliphatic rings. The zero-order valence-electron chi connectivity index (χ0n) is 16.2. The molecule has 2 N–H and O–H groups in total. The number of rotatable bonds is 7. The molecule has 0 spiro atoms. The minimum absolute atomic E-state index is 0.0330. The molecule has 0 unspecified atom stereocenters. The highest BCUT2D eigenvalue weighted by atomic mass is 16.6. The van der Waals surface area contributed by atoms with Crippen LogP contribution in [0.1, 0.15) is 17.2 Å². The van der Waals surface area contributed by atoms with Gasteiger partial charge in [-0.3, -0.25) is 24.8 Å². The van der Waals surface area contributed by atoms with Crippen molar-refractivity contribution in [2.24, 2.45) is 5.10 Å². The van der Waals surface area contributed by atoms with Crippen LogP contribution in [0.15, 0.2) is 41.8 Å². The largest absolute Gasteiger partial charge is 0.502 e. The number of benzene rings is 1. The van der Waals surface area contributed by atoms with Gasteiger partial charge >= 0.3 is 5.69 Å². The summed E-state index contributed by atoms with van der Waals surface area (Å²) in [4.78, 5) is 29.3. The van der Waals surface area contributed by atoms with E-state index in [1.165, 1.54) is 13.2 Å². The molecular formula is C19H21N5O6. The van der Waals surface area contributed by atoms with Crippen molar-refractivity contribution >= 4 is 17.8 Å². The van der Waals surface area contributed by atoms with Gasteiger partial charge in [-0.2, -0.15) is 5.10 Å². The number of hydrazone groups is 1. The Morgan fingerprint density at radius 1 is 1.47 bits per heavy atom. The summed E-state index contributed by atoms with van der Waals surface area (Å²) >= 11 is 0. The lowest BCUT2D eigenvalue weighted by atomic mass is 10.1. The summed E-state index contributed by atoms with van der Waals surface area (Å²) < 4.78 is 10.4. The third-order valence-corrected chi connectivity index (χ3v) is 4.56. The van der Waals surface area contributed by atoms with Gasteiger partial charge in [0.25, 0.3) is 5.91 Å². The number of nitro benzene ring substituents is 1. The van der Waals surface area contributed by atoms with Crippen LogP contribution in [0.2, 0.25) is 0 Å². The number of pyridine rings is 1. The van der Waals surface area contributed by atoms with Gasteiger partial charge in [-0.05, 0) is 17.7 Å². The highest BCUT2D eigenvalue weighted by molar-refractivity contribution is 5.89. The average molecular weight is 415 g/mol. The number of amides is 1. The van der Waals surface area contributed by atoms with Gasteiger partial charge in [0.05, 0.1) is 37.5 Å². The maximum atomic E-state index is 12.9. The van der Waals surface area contributed by atoms with Gasteiger partial charge in [-0.25, -0.2) is 5.43 Å². The molecule has 1 aromatic carbocycles. The zero-order chi connectivity index (χ0) is 21.5. The Kier molecular flexibility index (Phi) is 6.88. The summed E-state index contributed by atoms with van der Waals surface area (Å²) in [5.74, 6) is -0.803. The third-order valence-electron chi connectivity index (χ3n) is 4.56. The molecule has 3 rings (SSSR count). The van der Waals surface area contributed by atoms with E-state index in [2.05, 4.69) is 15.5 Å². The number of nitrogens with zero attached hydrogens (tertiary/aromatic N) is 4. The molecule has 1 saturated heterocycles. The first-order chi connectivity index (χ1) is 14.5. The summed E-state index contributed by atoms with van der Waals surface area (Å²) in [7, 11) is 1.35. The smallest absolute Gasteiger partial charge is 0.315 e. The van der Waals surface area contributed by atoms with E-state index in [4.69, 9.17) is 9.47 Å². The van der Waals surface area contributed by atoms with Gasteiger partial charge in [-0.1, -0.05) is 6.07 Å². The fourth-order valence-electron chi connectivity index (χ4n) is 3.10. The van der Waals surface area contributed by atoms with Crippen LogP contribution in [-0.4, -0.2) is 65.4 Å². The first-order valence-corrected chi connectivity index (χ1v) is 9.11. The van der Waals surface area contributed by atoms with Gasteiger partial charge in [0.1, 0.15) is 11.8 Å². The fraction of sp³-hybridized carbons (Fsp3) is 0.316. The monoisotopic (exact) mass is 415 g/mol. The summed E-state index contributed by atoms with van der Waals surface area (Å²) in [5.41, 5.74) is 2.65. The first kappa shape index (κ1) is 21.1. The number of hydrogen-bond acceptors (Lipinski definition) is 9. The molecule has 11 nitrogen and oxygen atoms in total. The van der Waals surface area contributed by atoms with Crippen molar-refractivity contribution in [3.05, 3.63) is 57.9 Å². The SMILES string of the molecule is COc1cc(/C=N\NC(=O)[C@@H](c2cccnc2)N2CCOCC2)c(O)c([N+](=O)[O-])c1. The normalized spacial score (nSPS) is 15.6. The third kappa shape index (κ3) is 4.88. The quantitative estimate of drug-likeness (QED) is 0.391. The van der Waals surface area contributed by atoms with Crippen LogP contribution in [0.5, 0.6) is 11.5 Å². The number of aromatic hydroxyl groups is 1. The molecule has 0 saturated carbocycles. The molecule has 1 amide bonds. The Hall–Kier alpha value is -3.57. The lowest BCUT2D eigenvalue weighted by molar-refractivity contribution is -0.385. The zero-order valence-corrected chi connectivity index (χ0v) is 16.2. The molecular weight excluding hydrogens is 394 g/mol. The molecule has 1 aromatic heterocycles. The van der Waals surface area contributed by atoms with Crippen LogP contribution in [-0.2, 0) is 9.53 Å². The number of phenols is 1. The number of phenolic OH excluding ortho intramolecular Hbond substituents is 1. The van der Waals surface area contributed by atoms with Crippen molar-refractivity contribution in [3.63, 3.8) is 0 Å². The Balaban J connectivity index is 1.81. The molecule has 158 valence electrons. The van der Waals surface area contributed by atoms with E-state index in [0.717, 1.165) is 12.3 Å². The van der Waals surface area contributed by atoms with Crippen LogP contribution < -0.4 is 10.2 Å². The number of morpholine rings is 1. The van der Waals surface area contributed by atoms with Crippen molar-refractivity contribution in [2.75, 3.05) is 33.4 Å². The van der Waals surface area contributed by atoms with Crippen LogP contribution >= 0.6 is 0 Å². The minimum atomic E-state index is -0.732. The van der Waals surface area contributed by atoms with Gasteiger partial charge in [0, 0.05) is 31.0 Å².